The maximum absolute atomic E-state index is 6.38. The third-order valence-corrected chi connectivity index (χ3v) is 6.71. The quantitative estimate of drug-likeness (QED) is 0.399. The SMILES string of the molecule is CN(Cc1c(Cl)cccc1Cl)c1ncnc2[nH]c(-c3ccc(CN4CCOCC4)cc3)cc12. The first-order chi connectivity index (χ1) is 16.1. The third-order valence-electron chi connectivity index (χ3n) is 6.00. The first-order valence-electron chi connectivity index (χ1n) is 11.0. The Hall–Kier alpha value is -2.64. The van der Waals surface area contributed by atoms with Crippen LogP contribution in [0.5, 0.6) is 0 Å². The number of benzene rings is 2. The highest BCUT2D eigenvalue weighted by molar-refractivity contribution is 6.36. The zero-order chi connectivity index (χ0) is 22.8. The fourth-order valence-electron chi connectivity index (χ4n) is 4.19. The van der Waals surface area contributed by atoms with Gasteiger partial charge in [0, 0.05) is 54.5 Å². The second kappa shape index (κ2) is 9.69. The average Bonchev–Trinajstić information content (AvgIpc) is 3.27. The van der Waals surface area contributed by atoms with Gasteiger partial charge in [0.1, 0.15) is 17.8 Å². The van der Waals surface area contributed by atoms with Crippen molar-refractivity contribution in [3.05, 3.63) is 76.0 Å². The number of halogens is 2. The van der Waals surface area contributed by atoms with Crippen molar-refractivity contribution in [1.82, 2.24) is 19.9 Å². The van der Waals surface area contributed by atoms with Crippen LogP contribution in [0.2, 0.25) is 10.0 Å². The van der Waals surface area contributed by atoms with Gasteiger partial charge in [-0.2, -0.15) is 0 Å². The van der Waals surface area contributed by atoms with Gasteiger partial charge in [-0.1, -0.05) is 53.5 Å². The molecule has 0 bridgehead atoms. The second-order valence-corrected chi connectivity index (χ2v) is 9.10. The molecule has 3 heterocycles. The summed E-state index contributed by atoms with van der Waals surface area (Å²) in [5, 5.41) is 2.24. The predicted molar refractivity (Wildman–Crippen MR) is 134 cm³/mol. The molecule has 0 unspecified atom stereocenters. The van der Waals surface area contributed by atoms with E-state index in [-0.39, 0.29) is 0 Å². The van der Waals surface area contributed by atoms with E-state index in [1.807, 2.05) is 30.1 Å². The molecule has 0 amide bonds. The number of nitrogens with zero attached hydrogens (tertiary/aromatic N) is 4. The molecule has 1 aliphatic heterocycles. The summed E-state index contributed by atoms with van der Waals surface area (Å²) in [6.45, 7) is 5.08. The summed E-state index contributed by atoms with van der Waals surface area (Å²) in [6, 6.07) is 16.3. The van der Waals surface area contributed by atoms with Gasteiger partial charge < -0.3 is 14.6 Å². The normalized spacial score (nSPS) is 14.6. The number of rotatable bonds is 6. The molecule has 1 fully saturated rings. The van der Waals surface area contributed by atoms with Crippen molar-refractivity contribution in [3.63, 3.8) is 0 Å². The van der Waals surface area contributed by atoms with Gasteiger partial charge in [-0.3, -0.25) is 4.90 Å². The standard InChI is InChI=1S/C25H25Cl2N5O/c1-31(15-20-21(26)3-2-4-22(20)27)25-19-13-23(30-24(19)28-16-29-25)18-7-5-17(6-8-18)14-32-9-11-33-12-10-32/h2-8,13,16H,9-12,14-15H2,1H3,(H,28,29,30). The van der Waals surface area contributed by atoms with Crippen LogP contribution < -0.4 is 4.90 Å². The number of H-pyrrole nitrogens is 1. The van der Waals surface area contributed by atoms with Crippen molar-refractivity contribution in [2.24, 2.45) is 0 Å². The van der Waals surface area contributed by atoms with Crippen molar-refractivity contribution in [1.29, 1.82) is 0 Å². The Morgan fingerprint density at radius 1 is 1.03 bits per heavy atom. The van der Waals surface area contributed by atoms with Gasteiger partial charge >= 0.3 is 0 Å². The largest absolute Gasteiger partial charge is 0.379 e. The maximum Gasteiger partial charge on any atom is 0.143 e. The van der Waals surface area contributed by atoms with E-state index in [9.17, 15) is 0 Å². The highest BCUT2D eigenvalue weighted by atomic mass is 35.5. The summed E-state index contributed by atoms with van der Waals surface area (Å²) in [4.78, 5) is 16.9. The van der Waals surface area contributed by atoms with Crippen LogP contribution >= 0.6 is 23.2 Å². The molecule has 33 heavy (non-hydrogen) atoms. The lowest BCUT2D eigenvalue weighted by Crippen LogP contribution is -2.35. The fourth-order valence-corrected chi connectivity index (χ4v) is 4.71. The van der Waals surface area contributed by atoms with E-state index in [4.69, 9.17) is 27.9 Å². The minimum Gasteiger partial charge on any atom is -0.379 e. The van der Waals surface area contributed by atoms with Crippen LogP contribution in [0.1, 0.15) is 11.1 Å². The zero-order valence-electron chi connectivity index (χ0n) is 18.4. The summed E-state index contributed by atoms with van der Waals surface area (Å²) in [6.07, 6.45) is 1.58. The molecule has 1 aliphatic rings. The van der Waals surface area contributed by atoms with Gasteiger partial charge in [0.2, 0.25) is 0 Å². The van der Waals surface area contributed by atoms with Gasteiger partial charge in [-0.25, -0.2) is 9.97 Å². The van der Waals surface area contributed by atoms with Crippen molar-refractivity contribution >= 4 is 40.1 Å². The molecule has 5 rings (SSSR count). The Bertz CT molecular complexity index is 1230. The molecule has 8 heteroatoms. The number of hydrogen-bond acceptors (Lipinski definition) is 5. The van der Waals surface area contributed by atoms with Gasteiger partial charge in [0.15, 0.2) is 0 Å². The second-order valence-electron chi connectivity index (χ2n) is 8.28. The number of morpholine rings is 1. The topological polar surface area (TPSA) is 57.3 Å². The molecule has 2 aromatic heterocycles. The number of aromatic nitrogens is 3. The lowest BCUT2D eigenvalue weighted by Gasteiger charge is -2.26. The van der Waals surface area contributed by atoms with E-state index in [0.717, 1.165) is 66.5 Å². The molecule has 0 atom stereocenters. The minimum atomic E-state index is 0.543. The first-order valence-corrected chi connectivity index (χ1v) is 11.7. The van der Waals surface area contributed by atoms with E-state index in [1.165, 1.54) is 5.56 Å². The molecular formula is C25H25Cl2N5O. The Morgan fingerprint density at radius 2 is 1.76 bits per heavy atom. The Labute approximate surface area is 203 Å². The number of hydrogen-bond donors (Lipinski definition) is 1. The highest BCUT2D eigenvalue weighted by Crippen LogP contribution is 2.31. The molecule has 0 saturated carbocycles. The minimum absolute atomic E-state index is 0.543. The smallest absolute Gasteiger partial charge is 0.143 e. The molecule has 1 N–H and O–H groups in total. The van der Waals surface area contributed by atoms with Crippen molar-refractivity contribution in [2.45, 2.75) is 13.1 Å². The predicted octanol–water partition coefficient (Wildman–Crippen LogP) is 5.40. The Balaban J connectivity index is 1.38. The lowest BCUT2D eigenvalue weighted by atomic mass is 10.1. The monoisotopic (exact) mass is 481 g/mol. The molecule has 0 radical (unpaired) electrons. The van der Waals surface area contributed by atoms with E-state index in [1.54, 1.807) is 6.33 Å². The summed E-state index contributed by atoms with van der Waals surface area (Å²) in [7, 11) is 1.98. The summed E-state index contributed by atoms with van der Waals surface area (Å²) in [5.41, 5.74) is 5.09. The molecule has 6 nitrogen and oxygen atoms in total. The molecule has 4 aromatic rings. The number of aromatic amines is 1. The Morgan fingerprint density at radius 3 is 2.48 bits per heavy atom. The van der Waals surface area contributed by atoms with E-state index < -0.39 is 0 Å². The van der Waals surface area contributed by atoms with Crippen LogP contribution in [-0.2, 0) is 17.8 Å². The lowest BCUT2D eigenvalue weighted by molar-refractivity contribution is 0.0342. The van der Waals surface area contributed by atoms with Gasteiger partial charge in [-0.15, -0.1) is 0 Å². The van der Waals surface area contributed by atoms with Crippen molar-refractivity contribution in [3.8, 4) is 11.3 Å². The van der Waals surface area contributed by atoms with Crippen LogP contribution in [0, 0.1) is 0 Å². The number of fused-ring (bicyclic) bond motifs is 1. The fraction of sp³-hybridized carbons (Fsp3) is 0.280. The van der Waals surface area contributed by atoms with Crippen molar-refractivity contribution in [2.75, 3.05) is 38.3 Å². The van der Waals surface area contributed by atoms with Crippen LogP contribution in [0.3, 0.4) is 0 Å². The third kappa shape index (κ3) is 4.84. The molecule has 1 saturated heterocycles. The molecule has 2 aromatic carbocycles. The Kier molecular flexibility index (Phi) is 6.51. The highest BCUT2D eigenvalue weighted by Gasteiger charge is 2.16. The first kappa shape index (κ1) is 22.2. The maximum atomic E-state index is 6.38. The number of nitrogens with one attached hydrogen (secondary N) is 1. The van der Waals surface area contributed by atoms with Crippen LogP contribution in [-0.4, -0.2) is 53.2 Å². The van der Waals surface area contributed by atoms with E-state index in [0.29, 0.717) is 16.6 Å². The summed E-state index contributed by atoms with van der Waals surface area (Å²) in [5.74, 6) is 0.822. The van der Waals surface area contributed by atoms with Crippen LogP contribution in [0.15, 0.2) is 54.9 Å². The van der Waals surface area contributed by atoms with Crippen LogP contribution in [0.25, 0.3) is 22.3 Å². The van der Waals surface area contributed by atoms with Gasteiger partial charge in [0.05, 0.1) is 18.6 Å². The van der Waals surface area contributed by atoms with Gasteiger partial charge in [-0.05, 0) is 29.3 Å². The molecule has 0 spiro atoms. The van der Waals surface area contributed by atoms with Crippen molar-refractivity contribution < 1.29 is 4.74 Å². The molecule has 170 valence electrons. The molecule has 0 aliphatic carbocycles. The van der Waals surface area contributed by atoms with Crippen LogP contribution in [0.4, 0.5) is 5.82 Å². The molecular weight excluding hydrogens is 457 g/mol. The van der Waals surface area contributed by atoms with E-state index >= 15 is 0 Å². The summed E-state index contributed by atoms with van der Waals surface area (Å²) < 4.78 is 5.44. The number of anilines is 1. The number of ether oxygens (including phenoxy) is 1. The summed E-state index contributed by atoms with van der Waals surface area (Å²) >= 11 is 12.8. The average molecular weight is 482 g/mol. The van der Waals surface area contributed by atoms with Gasteiger partial charge in [0.25, 0.3) is 0 Å². The van der Waals surface area contributed by atoms with E-state index in [2.05, 4.69) is 50.2 Å². The zero-order valence-corrected chi connectivity index (χ0v) is 19.9.